The maximum atomic E-state index is 10.7. The molecule has 0 spiro atoms. The Morgan fingerprint density at radius 2 is 2.36 bits per heavy atom. The molecule has 0 bridgehead atoms. The fourth-order valence-electron chi connectivity index (χ4n) is 0.903. The first-order valence-electron chi connectivity index (χ1n) is 3.15. The molecule has 0 aromatic carbocycles. The minimum atomic E-state index is 0.664. The molecule has 54 valence electrons. The highest BCUT2D eigenvalue weighted by molar-refractivity contribution is 5.74. The predicted octanol–water partition coefficient (Wildman–Crippen LogP) is 0.263. The maximum absolute atomic E-state index is 10.7. The molecule has 4 heteroatoms. The summed E-state index contributed by atoms with van der Waals surface area (Å²) in [5, 5.41) is 11.6. The molecular formula is C7H5N3O. The van der Waals surface area contributed by atoms with Crippen LogP contribution in [0.1, 0.15) is 0 Å². The van der Waals surface area contributed by atoms with E-state index in [-0.39, 0.29) is 0 Å². The van der Waals surface area contributed by atoms with Crippen molar-refractivity contribution in [3.05, 3.63) is 36.2 Å². The second kappa shape index (κ2) is 2.16. The smallest absolute Gasteiger partial charge is 0.206 e. The second-order valence-corrected chi connectivity index (χ2v) is 2.17. The highest BCUT2D eigenvalue weighted by atomic mass is 16.5. The zero-order valence-corrected chi connectivity index (χ0v) is 5.64. The van der Waals surface area contributed by atoms with Gasteiger partial charge in [-0.1, -0.05) is 0 Å². The number of aromatic nitrogens is 3. The molecule has 0 saturated carbocycles. The average molecular weight is 147 g/mol. The van der Waals surface area contributed by atoms with Gasteiger partial charge in [0.25, 0.3) is 0 Å². The van der Waals surface area contributed by atoms with E-state index in [1.54, 1.807) is 12.3 Å². The Morgan fingerprint density at radius 3 is 3.27 bits per heavy atom. The van der Waals surface area contributed by atoms with Crippen molar-refractivity contribution in [3.63, 3.8) is 0 Å². The summed E-state index contributed by atoms with van der Waals surface area (Å²) in [6.45, 7) is 0. The molecule has 2 aromatic heterocycles. The molecule has 0 fully saturated rings. The monoisotopic (exact) mass is 147 g/mol. The number of nitrogens with zero attached hydrogens (tertiary/aromatic N) is 3. The van der Waals surface area contributed by atoms with Crippen LogP contribution in [0.25, 0.3) is 10.9 Å². The normalized spacial score (nSPS) is 10.2. The Morgan fingerprint density at radius 1 is 1.45 bits per heavy atom. The van der Waals surface area contributed by atoms with Crippen molar-refractivity contribution in [2.75, 3.05) is 0 Å². The molecule has 2 rings (SSSR count). The summed E-state index contributed by atoms with van der Waals surface area (Å²) in [7, 11) is 0. The zero-order valence-electron chi connectivity index (χ0n) is 5.64. The van der Waals surface area contributed by atoms with Gasteiger partial charge < -0.3 is 5.21 Å². The molecule has 4 nitrogen and oxygen atoms in total. The number of pyridine rings is 1. The van der Waals surface area contributed by atoms with Crippen LogP contribution >= 0.6 is 0 Å². The summed E-state index contributed by atoms with van der Waals surface area (Å²) in [6, 6.07) is 1.68. The van der Waals surface area contributed by atoms with E-state index in [0.29, 0.717) is 5.52 Å². The third-order valence-electron chi connectivity index (χ3n) is 1.42. The van der Waals surface area contributed by atoms with Crippen LogP contribution in [-0.2, 0) is 0 Å². The van der Waals surface area contributed by atoms with Gasteiger partial charge in [-0.3, -0.25) is 0 Å². The van der Waals surface area contributed by atoms with Gasteiger partial charge in [0.05, 0.1) is 0 Å². The Hall–Kier alpha value is -1.71. The van der Waals surface area contributed by atoms with E-state index in [1.165, 1.54) is 18.7 Å². The van der Waals surface area contributed by atoms with Gasteiger partial charge in [0.15, 0.2) is 6.20 Å². The van der Waals surface area contributed by atoms with E-state index < -0.39 is 0 Å². The van der Waals surface area contributed by atoms with Crippen LogP contribution in [0, 0.1) is 5.21 Å². The highest BCUT2D eigenvalue weighted by Gasteiger charge is 1.96. The van der Waals surface area contributed by atoms with Crippen LogP contribution < -0.4 is 4.73 Å². The van der Waals surface area contributed by atoms with Crippen LogP contribution in [-0.4, -0.2) is 9.97 Å². The largest absolute Gasteiger partial charge is 0.619 e. The molecule has 0 saturated heterocycles. The maximum Gasteiger partial charge on any atom is 0.206 e. The van der Waals surface area contributed by atoms with Gasteiger partial charge in [-0.15, -0.1) is 0 Å². The lowest BCUT2D eigenvalue weighted by Crippen LogP contribution is -2.23. The summed E-state index contributed by atoms with van der Waals surface area (Å²) < 4.78 is 0.718. The third-order valence-corrected chi connectivity index (χ3v) is 1.42. The summed E-state index contributed by atoms with van der Waals surface area (Å²) in [5.74, 6) is 0. The summed E-state index contributed by atoms with van der Waals surface area (Å²) in [4.78, 5) is 7.73. The van der Waals surface area contributed by atoms with E-state index in [2.05, 4.69) is 9.97 Å². The van der Waals surface area contributed by atoms with Crippen LogP contribution in [0.4, 0.5) is 0 Å². The van der Waals surface area contributed by atoms with Crippen molar-refractivity contribution in [1.82, 2.24) is 9.97 Å². The minimum Gasteiger partial charge on any atom is -0.619 e. The lowest BCUT2D eigenvalue weighted by atomic mass is 10.3. The highest BCUT2D eigenvalue weighted by Crippen LogP contribution is 2.03. The molecule has 0 N–H and O–H groups in total. The van der Waals surface area contributed by atoms with Gasteiger partial charge >= 0.3 is 0 Å². The third kappa shape index (κ3) is 0.980. The number of hydrogen-bond donors (Lipinski definition) is 0. The molecule has 0 aliphatic rings. The molecule has 0 unspecified atom stereocenters. The van der Waals surface area contributed by atoms with Crippen molar-refractivity contribution < 1.29 is 4.73 Å². The molecule has 2 aromatic rings. The molecule has 0 amide bonds. The molecule has 0 aliphatic carbocycles. The number of hydrogen-bond acceptors (Lipinski definition) is 3. The van der Waals surface area contributed by atoms with Gasteiger partial charge in [0, 0.05) is 17.6 Å². The van der Waals surface area contributed by atoms with E-state index >= 15 is 0 Å². The fourth-order valence-corrected chi connectivity index (χ4v) is 0.903. The molecular weight excluding hydrogens is 142 g/mol. The topological polar surface area (TPSA) is 52.7 Å². The average Bonchev–Trinajstić information content (AvgIpc) is 2.04. The van der Waals surface area contributed by atoms with Gasteiger partial charge in [-0.25, -0.2) is 9.97 Å². The van der Waals surface area contributed by atoms with E-state index in [1.807, 2.05) is 0 Å². The van der Waals surface area contributed by atoms with Crippen LogP contribution in [0.5, 0.6) is 0 Å². The van der Waals surface area contributed by atoms with Crippen molar-refractivity contribution in [1.29, 1.82) is 0 Å². The SMILES string of the molecule is [O-][n+]1ccc2cncnc2c1. The summed E-state index contributed by atoms with van der Waals surface area (Å²) in [5.41, 5.74) is 0.664. The van der Waals surface area contributed by atoms with E-state index in [4.69, 9.17) is 0 Å². The van der Waals surface area contributed by atoms with Gasteiger partial charge in [-0.05, 0) is 0 Å². The molecule has 0 atom stereocenters. The van der Waals surface area contributed by atoms with E-state index in [9.17, 15) is 5.21 Å². The minimum absolute atomic E-state index is 0.664. The van der Waals surface area contributed by atoms with Gasteiger partial charge in [0.2, 0.25) is 6.20 Å². The Bertz CT molecular complexity index is 388. The first-order valence-corrected chi connectivity index (χ1v) is 3.15. The Labute approximate surface area is 62.7 Å². The second-order valence-electron chi connectivity index (χ2n) is 2.17. The lowest BCUT2D eigenvalue weighted by Gasteiger charge is -1.95. The van der Waals surface area contributed by atoms with E-state index in [0.717, 1.165) is 10.1 Å². The number of fused-ring (bicyclic) bond motifs is 1. The van der Waals surface area contributed by atoms with Crippen molar-refractivity contribution in [2.45, 2.75) is 0 Å². The predicted molar refractivity (Wildman–Crippen MR) is 38.5 cm³/mol. The molecule has 0 aliphatic heterocycles. The van der Waals surface area contributed by atoms with Gasteiger partial charge in [-0.2, -0.15) is 4.73 Å². The molecule has 0 radical (unpaired) electrons. The summed E-state index contributed by atoms with van der Waals surface area (Å²) >= 11 is 0. The quantitative estimate of drug-likeness (QED) is 0.397. The Balaban J connectivity index is 2.83. The lowest BCUT2D eigenvalue weighted by molar-refractivity contribution is -0.604. The van der Waals surface area contributed by atoms with Crippen molar-refractivity contribution in [3.8, 4) is 0 Å². The van der Waals surface area contributed by atoms with Crippen LogP contribution in [0.2, 0.25) is 0 Å². The summed E-state index contributed by atoms with van der Waals surface area (Å²) in [6.07, 6.45) is 5.92. The van der Waals surface area contributed by atoms with Crippen LogP contribution in [0.3, 0.4) is 0 Å². The molecule has 2 heterocycles. The number of rotatable bonds is 0. The fraction of sp³-hybridized carbons (Fsp3) is 0. The van der Waals surface area contributed by atoms with Crippen LogP contribution in [0.15, 0.2) is 31.0 Å². The molecule has 11 heavy (non-hydrogen) atoms. The first kappa shape index (κ1) is 6.03. The van der Waals surface area contributed by atoms with Crippen molar-refractivity contribution >= 4 is 10.9 Å². The van der Waals surface area contributed by atoms with Crippen molar-refractivity contribution in [2.24, 2.45) is 0 Å². The standard InChI is InChI=1S/C7H5N3O/c11-10-2-1-6-3-8-5-9-7(6)4-10/h1-5H. The first-order chi connectivity index (χ1) is 5.36. The zero-order chi connectivity index (χ0) is 7.68. The Kier molecular flexibility index (Phi) is 1.18. The van der Waals surface area contributed by atoms with Gasteiger partial charge in [0.1, 0.15) is 11.8 Å².